The normalized spacial score (nSPS) is 9.73. The van der Waals surface area contributed by atoms with Crippen molar-refractivity contribution in [2.75, 3.05) is 6.61 Å². The summed E-state index contributed by atoms with van der Waals surface area (Å²) in [4.78, 5) is 12.0. The van der Waals surface area contributed by atoms with Gasteiger partial charge in [-0.2, -0.15) is 29.0 Å². The van der Waals surface area contributed by atoms with Gasteiger partial charge in [0.25, 0.3) is 0 Å². The Bertz CT molecular complexity index is 769. The Morgan fingerprint density at radius 3 is 2.68 bits per heavy atom. The van der Waals surface area contributed by atoms with Crippen molar-refractivity contribution in [1.29, 1.82) is 5.26 Å². The van der Waals surface area contributed by atoms with Gasteiger partial charge in [-0.05, 0) is 24.1 Å². The average Bonchev–Trinajstić information content (AvgIpc) is 2.48. The van der Waals surface area contributed by atoms with Gasteiger partial charge in [0.05, 0.1) is 0 Å². The summed E-state index contributed by atoms with van der Waals surface area (Å²) in [5, 5.41) is 9.02. The molecule has 4 nitrogen and oxygen atoms in total. The minimum atomic E-state index is -0.284. The molecular formula is C15H11Cl2N2O2Y-. The van der Waals surface area contributed by atoms with Gasteiger partial charge in [0.1, 0.15) is 11.8 Å². The third kappa shape index (κ3) is 4.11. The van der Waals surface area contributed by atoms with Crippen molar-refractivity contribution < 1.29 is 37.4 Å². The Balaban J connectivity index is 0.00000242. The van der Waals surface area contributed by atoms with E-state index in [1.54, 1.807) is 18.2 Å². The molecule has 7 heteroatoms. The molecule has 111 valence electrons. The van der Waals surface area contributed by atoms with Gasteiger partial charge in [0.2, 0.25) is 5.56 Å². The first kappa shape index (κ1) is 19.2. The number of aromatic nitrogens is 1. The van der Waals surface area contributed by atoms with Crippen LogP contribution in [-0.2, 0) is 39.3 Å². The maximum Gasteiger partial charge on any atom is 0.212 e. The molecule has 0 saturated carbocycles. The minimum absolute atomic E-state index is 0. The summed E-state index contributed by atoms with van der Waals surface area (Å²) < 4.78 is 6.68. The van der Waals surface area contributed by atoms with Gasteiger partial charge in [0.15, 0.2) is 6.61 Å². The van der Waals surface area contributed by atoms with E-state index < -0.39 is 0 Å². The zero-order valence-corrected chi connectivity index (χ0v) is 16.1. The number of hydrogen-bond donors (Lipinski definition) is 0. The number of rotatable bonds is 4. The first-order valence-corrected chi connectivity index (χ1v) is 6.94. The fraction of sp³-hybridized carbons (Fsp3) is 0.200. The van der Waals surface area contributed by atoms with Crippen molar-refractivity contribution in [3.05, 3.63) is 50.7 Å². The number of benzene rings is 1. The molecule has 1 aromatic carbocycles. The fourth-order valence-corrected chi connectivity index (χ4v) is 2.34. The number of hydrogen-bond acceptors (Lipinski definition) is 3. The summed E-state index contributed by atoms with van der Waals surface area (Å²) in [5.41, 5.74) is 0.925. The Labute approximate surface area is 163 Å². The molecular weight excluding hydrogens is 400 g/mol. The zero-order chi connectivity index (χ0) is 15.4. The van der Waals surface area contributed by atoms with Crippen LogP contribution >= 0.6 is 23.2 Å². The quantitative estimate of drug-likeness (QED) is 0.724. The molecule has 1 aromatic heterocycles. The van der Waals surface area contributed by atoms with Gasteiger partial charge >= 0.3 is 0 Å². The van der Waals surface area contributed by atoms with Gasteiger partial charge in [-0.3, -0.25) is 4.79 Å². The minimum Gasteiger partial charge on any atom is -0.479 e. The van der Waals surface area contributed by atoms with Crippen LogP contribution < -0.4 is 10.3 Å². The number of ether oxygens (including phenoxy) is 1. The maximum absolute atomic E-state index is 12.0. The first-order chi connectivity index (χ1) is 10.1. The zero-order valence-electron chi connectivity index (χ0n) is 11.8. The second kappa shape index (κ2) is 8.69. The molecule has 0 aliphatic heterocycles. The molecule has 2 rings (SSSR count). The molecule has 0 fully saturated rings. The standard InChI is InChI=1S/C15H11Cl2N2O2.Y/c1-2-19-14(6-5-12(16)15(19)20)11-4-3-10(9-13(11)17)21-8-7-18;/h3-5,9H,2,8H2,1H3;/q-1;. The smallest absolute Gasteiger partial charge is 0.212 e. The van der Waals surface area contributed by atoms with Crippen molar-refractivity contribution >= 4 is 23.2 Å². The van der Waals surface area contributed by atoms with E-state index in [1.165, 1.54) is 10.6 Å². The summed E-state index contributed by atoms with van der Waals surface area (Å²) in [5.74, 6) is 0.490. The summed E-state index contributed by atoms with van der Waals surface area (Å²) in [6.45, 7) is 2.24. The van der Waals surface area contributed by atoms with Gasteiger partial charge in [-0.25, -0.2) is 0 Å². The predicted octanol–water partition coefficient (Wildman–Crippen LogP) is 3.54. The van der Waals surface area contributed by atoms with Gasteiger partial charge in [-0.15, -0.1) is 6.07 Å². The number of nitriles is 1. The van der Waals surface area contributed by atoms with E-state index in [2.05, 4.69) is 6.07 Å². The topological polar surface area (TPSA) is 55.0 Å². The molecule has 0 aliphatic rings. The van der Waals surface area contributed by atoms with Crippen LogP contribution in [0.2, 0.25) is 10.0 Å². The molecule has 0 bridgehead atoms. The van der Waals surface area contributed by atoms with Crippen LogP contribution in [0.25, 0.3) is 11.3 Å². The van der Waals surface area contributed by atoms with E-state index in [0.717, 1.165) is 0 Å². The van der Waals surface area contributed by atoms with E-state index in [1.807, 2.05) is 13.0 Å². The van der Waals surface area contributed by atoms with Crippen LogP contribution in [0, 0.1) is 17.4 Å². The summed E-state index contributed by atoms with van der Waals surface area (Å²) in [7, 11) is 0. The number of nitrogens with zero attached hydrogens (tertiary/aromatic N) is 2. The van der Waals surface area contributed by atoms with Crippen molar-refractivity contribution in [1.82, 2.24) is 4.57 Å². The van der Waals surface area contributed by atoms with E-state index in [4.69, 9.17) is 33.2 Å². The van der Waals surface area contributed by atoms with Crippen molar-refractivity contribution in [2.24, 2.45) is 0 Å². The van der Waals surface area contributed by atoms with Crippen LogP contribution in [0.1, 0.15) is 6.92 Å². The molecule has 1 radical (unpaired) electrons. The van der Waals surface area contributed by atoms with Crippen LogP contribution in [-0.4, -0.2) is 11.2 Å². The summed E-state index contributed by atoms with van der Waals surface area (Å²) >= 11 is 12.1. The summed E-state index contributed by atoms with van der Waals surface area (Å²) in [6, 6.07) is 11.3. The van der Waals surface area contributed by atoms with Crippen molar-refractivity contribution in [3.63, 3.8) is 0 Å². The molecule has 22 heavy (non-hydrogen) atoms. The largest absolute Gasteiger partial charge is 0.479 e. The van der Waals surface area contributed by atoms with Gasteiger partial charge in [-0.1, -0.05) is 22.9 Å². The first-order valence-electron chi connectivity index (χ1n) is 6.19. The van der Waals surface area contributed by atoms with Gasteiger partial charge in [0, 0.05) is 44.3 Å². The van der Waals surface area contributed by atoms with E-state index in [0.29, 0.717) is 28.6 Å². The van der Waals surface area contributed by atoms with Crippen LogP contribution in [0.3, 0.4) is 0 Å². The van der Waals surface area contributed by atoms with Gasteiger partial charge < -0.3 is 9.30 Å². The molecule has 0 unspecified atom stereocenters. The number of pyridine rings is 1. The molecule has 0 amide bonds. The van der Waals surface area contributed by atoms with Crippen LogP contribution in [0.4, 0.5) is 0 Å². The van der Waals surface area contributed by atoms with Crippen molar-refractivity contribution in [3.8, 4) is 23.1 Å². The van der Waals surface area contributed by atoms with Crippen LogP contribution in [0.15, 0.2) is 29.1 Å². The Hall–Kier alpha value is -0.856. The van der Waals surface area contributed by atoms with E-state index in [-0.39, 0.29) is 49.9 Å². The average molecular weight is 411 g/mol. The van der Waals surface area contributed by atoms with E-state index >= 15 is 0 Å². The van der Waals surface area contributed by atoms with E-state index in [9.17, 15) is 4.79 Å². The molecule has 2 aromatic rings. The molecule has 0 spiro atoms. The monoisotopic (exact) mass is 410 g/mol. The van der Waals surface area contributed by atoms with Crippen molar-refractivity contribution in [2.45, 2.75) is 13.5 Å². The second-order valence-electron chi connectivity index (χ2n) is 4.12. The summed E-state index contributed by atoms with van der Waals surface area (Å²) in [6.07, 6.45) is 0. The molecule has 1 heterocycles. The fourth-order valence-electron chi connectivity index (χ4n) is 1.92. The third-order valence-electron chi connectivity index (χ3n) is 2.87. The second-order valence-corrected chi connectivity index (χ2v) is 4.94. The predicted molar refractivity (Wildman–Crippen MR) is 81.8 cm³/mol. The maximum atomic E-state index is 12.0. The Morgan fingerprint density at radius 1 is 1.36 bits per heavy atom. The molecule has 0 saturated heterocycles. The third-order valence-corrected chi connectivity index (χ3v) is 3.45. The van der Waals surface area contributed by atoms with Crippen LogP contribution in [0.5, 0.6) is 5.75 Å². The Kier molecular flexibility index (Phi) is 7.58. The molecule has 0 aliphatic carbocycles. The SMILES string of the molecule is CCn1c(-c2ccc(OCC#N)cc2Cl)[c-]cc(Cl)c1=O.[Y]. The molecule has 0 N–H and O–H groups in total. The number of halogens is 2. The molecule has 0 atom stereocenters. The Morgan fingerprint density at radius 2 is 2.09 bits per heavy atom.